The number of hydrogen-bond acceptors (Lipinski definition) is 2. The molecule has 1 aliphatic heterocycles. The summed E-state index contributed by atoms with van der Waals surface area (Å²) in [6.07, 6.45) is 5.21. The Hall–Kier alpha value is -0.500. The van der Waals surface area contributed by atoms with Crippen LogP contribution in [0.25, 0.3) is 0 Å². The summed E-state index contributed by atoms with van der Waals surface area (Å²) in [5, 5.41) is 3.59. The number of nitrogens with one attached hydrogen (secondary N) is 1. The van der Waals surface area contributed by atoms with Crippen molar-refractivity contribution in [2.45, 2.75) is 47.1 Å². The van der Waals surface area contributed by atoms with Gasteiger partial charge in [0.15, 0.2) is 0 Å². The van der Waals surface area contributed by atoms with Crippen LogP contribution in [0.5, 0.6) is 0 Å². The van der Waals surface area contributed by atoms with E-state index in [1.165, 1.54) is 6.42 Å². The van der Waals surface area contributed by atoms with Crippen molar-refractivity contribution in [2.75, 3.05) is 13.2 Å². The summed E-state index contributed by atoms with van der Waals surface area (Å²) in [5.74, 6) is 0. The second-order valence-corrected chi connectivity index (χ2v) is 5.99. The normalized spacial score (nSPS) is 27.8. The molecule has 15 heavy (non-hydrogen) atoms. The molecule has 1 rings (SSSR count). The van der Waals surface area contributed by atoms with Crippen LogP contribution in [0.2, 0.25) is 0 Å². The van der Waals surface area contributed by atoms with Gasteiger partial charge < -0.3 is 10.1 Å². The summed E-state index contributed by atoms with van der Waals surface area (Å²) in [6, 6.07) is 0.501. The predicted molar refractivity (Wildman–Crippen MR) is 64.7 cm³/mol. The Bertz CT molecular complexity index is 229. The average Bonchev–Trinajstić information content (AvgIpc) is 2.50. The Kier molecular flexibility index (Phi) is 3.82. The Morgan fingerprint density at radius 3 is 2.53 bits per heavy atom. The minimum Gasteiger partial charge on any atom is -0.501 e. The maximum absolute atomic E-state index is 5.38. The van der Waals surface area contributed by atoms with Gasteiger partial charge in [0.2, 0.25) is 0 Å². The van der Waals surface area contributed by atoms with E-state index in [4.69, 9.17) is 4.74 Å². The standard InChI is InChI=1S/C13H25NO/c1-6-14-11(9-12(2,3)4)13(5)7-8-15-10-13/h7-8,11,14H,6,9-10H2,1-5H3. The van der Waals surface area contributed by atoms with Gasteiger partial charge in [0, 0.05) is 11.5 Å². The smallest absolute Gasteiger partial charge is 0.0977 e. The van der Waals surface area contributed by atoms with Crippen molar-refractivity contribution < 1.29 is 4.74 Å². The SMILES string of the molecule is CCNC(CC(C)(C)C)C1(C)C=COC1. The van der Waals surface area contributed by atoms with E-state index in [2.05, 4.69) is 46.0 Å². The van der Waals surface area contributed by atoms with Crippen LogP contribution in [0.3, 0.4) is 0 Å². The predicted octanol–water partition coefficient (Wildman–Crippen LogP) is 2.95. The second-order valence-electron chi connectivity index (χ2n) is 5.99. The Morgan fingerprint density at radius 2 is 2.13 bits per heavy atom. The zero-order valence-corrected chi connectivity index (χ0v) is 10.8. The van der Waals surface area contributed by atoms with Gasteiger partial charge in [-0.3, -0.25) is 0 Å². The molecule has 1 N–H and O–H groups in total. The van der Waals surface area contributed by atoms with Gasteiger partial charge in [-0.2, -0.15) is 0 Å². The average molecular weight is 211 g/mol. The fourth-order valence-corrected chi connectivity index (χ4v) is 2.09. The van der Waals surface area contributed by atoms with E-state index in [0.29, 0.717) is 11.5 Å². The van der Waals surface area contributed by atoms with Crippen LogP contribution >= 0.6 is 0 Å². The quantitative estimate of drug-likeness (QED) is 0.772. The van der Waals surface area contributed by atoms with E-state index in [0.717, 1.165) is 13.2 Å². The molecule has 0 bridgehead atoms. The molecular formula is C13H25NO. The summed E-state index contributed by atoms with van der Waals surface area (Å²) in [4.78, 5) is 0. The molecule has 0 aromatic carbocycles. The highest BCUT2D eigenvalue weighted by atomic mass is 16.5. The Morgan fingerprint density at radius 1 is 1.47 bits per heavy atom. The first kappa shape index (κ1) is 12.6. The lowest BCUT2D eigenvalue weighted by Crippen LogP contribution is -2.45. The van der Waals surface area contributed by atoms with Gasteiger partial charge in [-0.1, -0.05) is 34.6 Å². The molecule has 0 amide bonds. The lowest BCUT2D eigenvalue weighted by molar-refractivity contribution is 0.135. The van der Waals surface area contributed by atoms with Crippen LogP contribution in [0, 0.1) is 10.8 Å². The first-order valence-electron chi connectivity index (χ1n) is 5.90. The number of ether oxygens (including phenoxy) is 1. The van der Waals surface area contributed by atoms with E-state index in [-0.39, 0.29) is 5.41 Å². The third-order valence-corrected chi connectivity index (χ3v) is 3.00. The van der Waals surface area contributed by atoms with Crippen LogP contribution < -0.4 is 5.32 Å². The molecule has 0 aromatic heterocycles. The van der Waals surface area contributed by atoms with Gasteiger partial charge in [-0.15, -0.1) is 0 Å². The fourth-order valence-electron chi connectivity index (χ4n) is 2.09. The molecule has 2 unspecified atom stereocenters. The van der Waals surface area contributed by atoms with Crippen LogP contribution in [0.1, 0.15) is 41.0 Å². The van der Waals surface area contributed by atoms with Crippen LogP contribution in [0.4, 0.5) is 0 Å². The van der Waals surface area contributed by atoms with Crippen LogP contribution in [0.15, 0.2) is 12.3 Å². The highest BCUT2D eigenvalue weighted by molar-refractivity contribution is 5.06. The van der Waals surface area contributed by atoms with Crippen molar-refractivity contribution in [3.8, 4) is 0 Å². The number of hydrogen-bond donors (Lipinski definition) is 1. The molecule has 0 saturated heterocycles. The van der Waals surface area contributed by atoms with Crippen LogP contribution in [-0.2, 0) is 4.74 Å². The summed E-state index contributed by atoms with van der Waals surface area (Å²) in [7, 11) is 0. The van der Waals surface area contributed by atoms with Crippen LogP contribution in [-0.4, -0.2) is 19.2 Å². The molecule has 0 saturated carbocycles. The molecule has 2 heteroatoms. The monoisotopic (exact) mass is 211 g/mol. The zero-order valence-electron chi connectivity index (χ0n) is 10.8. The third kappa shape index (κ3) is 3.53. The molecule has 1 heterocycles. The summed E-state index contributed by atoms with van der Waals surface area (Å²) >= 11 is 0. The van der Waals surface area contributed by atoms with Crippen molar-refractivity contribution in [3.63, 3.8) is 0 Å². The lowest BCUT2D eigenvalue weighted by atomic mass is 9.75. The second kappa shape index (κ2) is 4.56. The lowest BCUT2D eigenvalue weighted by Gasteiger charge is -2.36. The largest absolute Gasteiger partial charge is 0.501 e. The van der Waals surface area contributed by atoms with Gasteiger partial charge in [-0.05, 0) is 24.5 Å². The Balaban J connectivity index is 2.69. The summed E-state index contributed by atoms with van der Waals surface area (Å²) in [6.45, 7) is 13.1. The van der Waals surface area contributed by atoms with Gasteiger partial charge in [-0.25, -0.2) is 0 Å². The van der Waals surface area contributed by atoms with E-state index >= 15 is 0 Å². The summed E-state index contributed by atoms with van der Waals surface area (Å²) < 4.78 is 5.38. The van der Waals surface area contributed by atoms with E-state index in [1.54, 1.807) is 0 Å². The minimum absolute atomic E-state index is 0.156. The van der Waals surface area contributed by atoms with Crippen molar-refractivity contribution in [1.29, 1.82) is 0 Å². The molecule has 0 spiro atoms. The van der Waals surface area contributed by atoms with Crippen molar-refractivity contribution in [2.24, 2.45) is 10.8 Å². The summed E-state index contributed by atoms with van der Waals surface area (Å²) in [5.41, 5.74) is 0.509. The first-order chi connectivity index (χ1) is 6.87. The highest BCUT2D eigenvalue weighted by Gasteiger charge is 2.36. The molecule has 0 aliphatic carbocycles. The van der Waals surface area contributed by atoms with Crippen molar-refractivity contribution in [1.82, 2.24) is 5.32 Å². The topological polar surface area (TPSA) is 21.3 Å². The van der Waals surface area contributed by atoms with Gasteiger partial charge >= 0.3 is 0 Å². The zero-order chi connectivity index (χ0) is 11.5. The molecule has 2 atom stereocenters. The third-order valence-electron chi connectivity index (χ3n) is 3.00. The van der Waals surface area contributed by atoms with E-state index < -0.39 is 0 Å². The molecule has 0 radical (unpaired) electrons. The van der Waals surface area contributed by atoms with E-state index in [9.17, 15) is 0 Å². The maximum atomic E-state index is 5.38. The highest BCUT2D eigenvalue weighted by Crippen LogP contribution is 2.35. The molecule has 0 aromatic rings. The number of rotatable bonds is 4. The first-order valence-corrected chi connectivity index (χ1v) is 5.90. The fraction of sp³-hybridized carbons (Fsp3) is 0.846. The Labute approximate surface area is 94.1 Å². The molecule has 2 nitrogen and oxygen atoms in total. The van der Waals surface area contributed by atoms with E-state index in [1.807, 2.05) is 6.26 Å². The van der Waals surface area contributed by atoms with Gasteiger partial charge in [0.1, 0.15) is 0 Å². The van der Waals surface area contributed by atoms with Crippen molar-refractivity contribution >= 4 is 0 Å². The molecule has 1 aliphatic rings. The minimum atomic E-state index is 0.156. The van der Waals surface area contributed by atoms with Crippen molar-refractivity contribution in [3.05, 3.63) is 12.3 Å². The van der Waals surface area contributed by atoms with Gasteiger partial charge in [0.05, 0.1) is 12.9 Å². The molecular weight excluding hydrogens is 186 g/mol. The van der Waals surface area contributed by atoms with Gasteiger partial charge in [0.25, 0.3) is 0 Å². The molecule has 88 valence electrons. The maximum Gasteiger partial charge on any atom is 0.0977 e. The molecule has 0 fully saturated rings.